The summed E-state index contributed by atoms with van der Waals surface area (Å²) in [5, 5.41) is 14.9. The maximum Gasteiger partial charge on any atom is 0.191 e. The Morgan fingerprint density at radius 1 is 1.30 bits per heavy atom. The van der Waals surface area contributed by atoms with Crippen molar-refractivity contribution in [3.05, 3.63) is 41.5 Å². The van der Waals surface area contributed by atoms with Gasteiger partial charge in [0.25, 0.3) is 0 Å². The lowest BCUT2D eigenvalue weighted by Crippen LogP contribution is -2.45. The van der Waals surface area contributed by atoms with E-state index >= 15 is 0 Å². The first-order valence-electron chi connectivity index (χ1n) is 10.1. The highest BCUT2D eigenvalue weighted by Gasteiger charge is 2.27. The zero-order valence-electron chi connectivity index (χ0n) is 17.7. The molecule has 1 atom stereocenters. The Kier molecular flexibility index (Phi) is 7.56. The van der Waals surface area contributed by atoms with Crippen molar-refractivity contribution in [3.63, 3.8) is 0 Å². The lowest BCUT2D eigenvalue weighted by atomic mass is 10.2. The van der Waals surface area contributed by atoms with Gasteiger partial charge >= 0.3 is 0 Å². The summed E-state index contributed by atoms with van der Waals surface area (Å²) < 4.78 is 35.2. The summed E-state index contributed by atoms with van der Waals surface area (Å²) in [6, 6.07) is 3.96. The summed E-state index contributed by atoms with van der Waals surface area (Å²) in [5.41, 5.74) is 0.0305. The molecule has 0 bridgehead atoms. The van der Waals surface area contributed by atoms with Crippen molar-refractivity contribution in [2.75, 3.05) is 38.3 Å². The molecule has 2 N–H and O–H groups in total. The van der Waals surface area contributed by atoms with Crippen LogP contribution in [-0.4, -0.2) is 60.1 Å². The Morgan fingerprint density at radius 2 is 2.07 bits per heavy atom. The van der Waals surface area contributed by atoms with Gasteiger partial charge in [-0.1, -0.05) is 6.07 Å². The predicted molar refractivity (Wildman–Crippen MR) is 111 cm³/mol. The van der Waals surface area contributed by atoms with Crippen LogP contribution in [0.15, 0.2) is 23.2 Å². The van der Waals surface area contributed by atoms with Gasteiger partial charge in [0.1, 0.15) is 29.7 Å². The van der Waals surface area contributed by atoms with Gasteiger partial charge < -0.3 is 24.8 Å². The van der Waals surface area contributed by atoms with Gasteiger partial charge in [0.15, 0.2) is 11.8 Å². The summed E-state index contributed by atoms with van der Waals surface area (Å²) in [7, 11) is 3.57. The third-order valence-corrected chi connectivity index (χ3v) is 5.16. The van der Waals surface area contributed by atoms with E-state index in [0.717, 1.165) is 24.5 Å². The molecule has 1 fully saturated rings. The second-order valence-electron chi connectivity index (χ2n) is 7.31. The molecular formula is C20H29F2N7O. The monoisotopic (exact) mass is 421 g/mol. The smallest absolute Gasteiger partial charge is 0.191 e. The maximum absolute atomic E-state index is 14.1. The fraction of sp³-hybridized carbons (Fsp3) is 0.550. The van der Waals surface area contributed by atoms with E-state index in [1.165, 1.54) is 18.2 Å². The van der Waals surface area contributed by atoms with E-state index in [-0.39, 0.29) is 11.7 Å². The molecule has 0 amide bonds. The maximum atomic E-state index is 14.1. The SMILES string of the molecule is COCCCNC(=NCc1nnc(C)n1C)NC1CCN(c2c(F)cccc2F)C1. The van der Waals surface area contributed by atoms with Gasteiger partial charge in [-0.2, -0.15) is 0 Å². The van der Waals surface area contributed by atoms with Gasteiger partial charge in [-0.25, -0.2) is 13.8 Å². The number of aryl methyl sites for hydroxylation is 1. The molecule has 1 aliphatic heterocycles. The molecular weight excluding hydrogens is 392 g/mol. The van der Waals surface area contributed by atoms with Gasteiger partial charge in [-0.05, 0) is 31.9 Å². The molecule has 10 heteroatoms. The fourth-order valence-electron chi connectivity index (χ4n) is 3.38. The van der Waals surface area contributed by atoms with Crippen LogP contribution in [0, 0.1) is 18.6 Å². The van der Waals surface area contributed by atoms with E-state index in [9.17, 15) is 8.78 Å². The van der Waals surface area contributed by atoms with Gasteiger partial charge in [0, 0.05) is 46.4 Å². The Morgan fingerprint density at radius 3 is 2.73 bits per heavy atom. The van der Waals surface area contributed by atoms with Crippen molar-refractivity contribution in [1.29, 1.82) is 0 Å². The molecule has 0 radical (unpaired) electrons. The summed E-state index contributed by atoms with van der Waals surface area (Å²) in [4.78, 5) is 6.36. The molecule has 0 aliphatic carbocycles. The number of methoxy groups -OCH3 is 1. The molecule has 1 saturated heterocycles. The molecule has 1 aromatic carbocycles. The van der Waals surface area contributed by atoms with Crippen molar-refractivity contribution in [2.24, 2.45) is 12.0 Å². The Hall–Kier alpha value is -2.75. The number of halogens is 2. The zero-order chi connectivity index (χ0) is 21.5. The van der Waals surface area contributed by atoms with E-state index in [4.69, 9.17) is 4.74 Å². The van der Waals surface area contributed by atoms with E-state index in [1.54, 1.807) is 12.0 Å². The third kappa shape index (κ3) is 5.44. The fourth-order valence-corrected chi connectivity index (χ4v) is 3.38. The van der Waals surface area contributed by atoms with Gasteiger partial charge in [0.05, 0.1) is 0 Å². The minimum absolute atomic E-state index is 0.0129. The third-order valence-electron chi connectivity index (χ3n) is 5.16. The van der Waals surface area contributed by atoms with E-state index in [1.807, 2.05) is 18.5 Å². The van der Waals surface area contributed by atoms with Crippen LogP contribution in [-0.2, 0) is 18.3 Å². The van der Waals surface area contributed by atoms with E-state index in [2.05, 4.69) is 25.8 Å². The topological polar surface area (TPSA) is 79.6 Å². The van der Waals surface area contributed by atoms with Crippen LogP contribution in [0.25, 0.3) is 0 Å². The summed E-state index contributed by atoms with van der Waals surface area (Å²) in [6.45, 7) is 4.64. The number of aromatic nitrogens is 3. The molecule has 2 heterocycles. The summed E-state index contributed by atoms with van der Waals surface area (Å²) >= 11 is 0. The molecule has 0 saturated carbocycles. The second-order valence-corrected chi connectivity index (χ2v) is 7.31. The lowest BCUT2D eigenvalue weighted by molar-refractivity contribution is 0.195. The molecule has 30 heavy (non-hydrogen) atoms. The van der Waals surface area contributed by atoms with Crippen LogP contribution < -0.4 is 15.5 Å². The first-order chi connectivity index (χ1) is 14.5. The number of nitrogens with one attached hydrogen (secondary N) is 2. The quantitative estimate of drug-likeness (QED) is 0.384. The number of hydrogen-bond acceptors (Lipinski definition) is 5. The highest BCUT2D eigenvalue weighted by Crippen LogP contribution is 2.26. The largest absolute Gasteiger partial charge is 0.385 e. The van der Waals surface area contributed by atoms with Crippen LogP contribution in [0.2, 0.25) is 0 Å². The number of aliphatic imine (C=N–C) groups is 1. The number of guanidine groups is 1. The van der Waals surface area contributed by atoms with Crippen molar-refractivity contribution in [3.8, 4) is 0 Å². The first-order valence-corrected chi connectivity index (χ1v) is 10.1. The number of benzene rings is 1. The molecule has 1 unspecified atom stereocenters. The highest BCUT2D eigenvalue weighted by atomic mass is 19.1. The average molecular weight is 421 g/mol. The Balaban J connectivity index is 1.65. The van der Waals surface area contributed by atoms with Crippen LogP contribution in [0.3, 0.4) is 0 Å². The van der Waals surface area contributed by atoms with Gasteiger partial charge in [0.2, 0.25) is 0 Å². The number of para-hydroxylation sites is 1. The van der Waals surface area contributed by atoms with Crippen LogP contribution in [0.1, 0.15) is 24.5 Å². The average Bonchev–Trinajstić information content (AvgIpc) is 3.30. The predicted octanol–water partition coefficient (Wildman–Crippen LogP) is 1.75. The van der Waals surface area contributed by atoms with E-state index in [0.29, 0.717) is 38.7 Å². The van der Waals surface area contributed by atoms with Crippen molar-refractivity contribution in [2.45, 2.75) is 32.4 Å². The molecule has 1 aliphatic rings. The number of ether oxygens (including phenoxy) is 1. The molecule has 3 rings (SSSR count). The van der Waals surface area contributed by atoms with Gasteiger partial charge in [-0.3, -0.25) is 0 Å². The van der Waals surface area contributed by atoms with Crippen molar-refractivity contribution in [1.82, 2.24) is 25.4 Å². The molecule has 0 spiro atoms. The van der Waals surface area contributed by atoms with Crippen molar-refractivity contribution < 1.29 is 13.5 Å². The number of hydrogen-bond donors (Lipinski definition) is 2. The second kappa shape index (κ2) is 10.3. The lowest BCUT2D eigenvalue weighted by Gasteiger charge is -2.21. The molecule has 164 valence electrons. The van der Waals surface area contributed by atoms with Gasteiger partial charge in [-0.15, -0.1) is 10.2 Å². The summed E-state index contributed by atoms with van der Waals surface area (Å²) in [6.07, 6.45) is 1.58. The standard InChI is InChI=1S/C20H29F2N7O/c1-14-26-27-18(28(14)2)12-24-20(23-9-5-11-30-3)25-15-8-10-29(13-15)19-16(21)6-4-7-17(19)22/h4,6-7,15H,5,8-13H2,1-3H3,(H2,23,24,25). The van der Waals surface area contributed by atoms with Crippen LogP contribution in [0.5, 0.6) is 0 Å². The molecule has 8 nitrogen and oxygen atoms in total. The Bertz CT molecular complexity index is 851. The normalized spacial score (nSPS) is 16.9. The van der Waals surface area contributed by atoms with Crippen LogP contribution >= 0.6 is 0 Å². The zero-order valence-corrected chi connectivity index (χ0v) is 17.7. The minimum atomic E-state index is -0.542. The summed E-state index contributed by atoms with van der Waals surface area (Å²) in [5.74, 6) is 1.13. The Labute approximate surface area is 175 Å². The van der Waals surface area contributed by atoms with Crippen molar-refractivity contribution >= 4 is 11.6 Å². The van der Waals surface area contributed by atoms with Crippen LogP contribution in [0.4, 0.5) is 14.5 Å². The minimum Gasteiger partial charge on any atom is -0.385 e. The molecule has 2 aromatic rings. The molecule has 1 aromatic heterocycles. The number of anilines is 1. The number of rotatable bonds is 8. The first kappa shape index (κ1) is 21.9. The van der Waals surface area contributed by atoms with E-state index < -0.39 is 11.6 Å². The number of nitrogens with zero attached hydrogens (tertiary/aromatic N) is 5. The highest BCUT2D eigenvalue weighted by molar-refractivity contribution is 5.80.